The Labute approximate surface area is 175 Å². The van der Waals surface area contributed by atoms with Crippen LogP contribution in [0.3, 0.4) is 0 Å². The number of hydrogen-bond donors (Lipinski definition) is 1. The minimum atomic E-state index is -4.22. The number of rotatable bonds is 3. The van der Waals surface area contributed by atoms with Crippen molar-refractivity contribution in [2.24, 2.45) is 11.8 Å². The first kappa shape index (κ1) is 21.2. The lowest BCUT2D eigenvalue weighted by atomic mass is 9.84. The minimum absolute atomic E-state index is 0.0384. The zero-order chi connectivity index (χ0) is 21.3. The number of likely N-dealkylation sites (tertiary alicyclic amines) is 1. The van der Waals surface area contributed by atoms with Gasteiger partial charge in [0.25, 0.3) is 5.91 Å². The van der Waals surface area contributed by atoms with Gasteiger partial charge in [-0.3, -0.25) is 9.59 Å². The lowest BCUT2D eigenvalue weighted by molar-refractivity contribution is -0.184. The summed E-state index contributed by atoms with van der Waals surface area (Å²) in [4.78, 5) is 28.2. The largest absolute Gasteiger partial charge is 0.391 e. The molecule has 0 aromatic heterocycles. The Morgan fingerprint density at radius 2 is 1.67 bits per heavy atom. The SMILES string of the molecule is O=C(NC1CCCC(C(F)(F)F)C1)C1CC2CCCCC2N1C(=O)c1ccccc1. The number of carbonyl (C=O) groups excluding carboxylic acids is 2. The van der Waals surface area contributed by atoms with Crippen molar-refractivity contribution in [3.05, 3.63) is 35.9 Å². The standard InChI is InChI=1S/C23H29F3N2O2/c24-23(25,26)17-10-6-11-18(14-17)27-21(29)20-13-16-9-4-5-12-19(16)28(20)22(30)15-7-2-1-3-8-15/h1-3,7-8,16-20H,4-6,9-14H2,(H,27,29). The maximum absolute atomic E-state index is 13.3. The summed E-state index contributed by atoms with van der Waals surface area (Å²) in [6, 6.07) is 7.91. The van der Waals surface area contributed by atoms with E-state index < -0.39 is 24.2 Å². The van der Waals surface area contributed by atoms with Crippen molar-refractivity contribution in [3.8, 4) is 0 Å². The number of halogens is 3. The van der Waals surface area contributed by atoms with Gasteiger partial charge in [-0.1, -0.05) is 37.5 Å². The van der Waals surface area contributed by atoms with Crippen LogP contribution in [0.1, 0.15) is 68.1 Å². The molecule has 1 aromatic carbocycles. The van der Waals surface area contributed by atoms with Crippen molar-refractivity contribution in [1.29, 1.82) is 0 Å². The molecular weight excluding hydrogens is 393 g/mol. The molecule has 3 fully saturated rings. The predicted molar refractivity (Wildman–Crippen MR) is 107 cm³/mol. The Kier molecular flexibility index (Phi) is 6.07. The van der Waals surface area contributed by atoms with Gasteiger partial charge in [0.1, 0.15) is 6.04 Å². The molecule has 4 rings (SSSR count). The molecule has 4 nitrogen and oxygen atoms in total. The fourth-order valence-electron chi connectivity index (χ4n) is 5.63. The van der Waals surface area contributed by atoms with E-state index in [1.807, 2.05) is 6.07 Å². The molecule has 1 heterocycles. The summed E-state index contributed by atoms with van der Waals surface area (Å²) in [5.74, 6) is -1.51. The molecular formula is C23H29F3N2O2. The number of benzene rings is 1. The normalized spacial score (nSPS) is 31.8. The zero-order valence-electron chi connectivity index (χ0n) is 17.0. The maximum Gasteiger partial charge on any atom is 0.391 e. The summed E-state index contributed by atoms with van der Waals surface area (Å²) >= 11 is 0. The first-order valence-electron chi connectivity index (χ1n) is 11.1. The first-order chi connectivity index (χ1) is 14.3. The van der Waals surface area contributed by atoms with Crippen LogP contribution in [0.2, 0.25) is 0 Å². The molecule has 1 saturated heterocycles. The molecule has 1 N–H and O–H groups in total. The summed E-state index contributed by atoms with van der Waals surface area (Å²) in [6.45, 7) is 0. The molecule has 0 radical (unpaired) electrons. The van der Waals surface area contributed by atoms with E-state index in [0.717, 1.165) is 25.7 Å². The Hall–Kier alpha value is -2.05. The molecule has 3 aliphatic rings. The van der Waals surface area contributed by atoms with Crippen molar-refractivity contribution in [1.82, 2.24) is 10.2 Å². The second kappa shape index (κ2) is 8.60. The van der Waals surface area contributed by atoms with E-state index in [1.54, 1.807) is 29.2 Å². The van der Waals surface area contributed by atoms with Gasteiger partial charge in [0.2, 0.25) is 5.91 Å². The molecule has 30 heavy (non-hydrogen) atoms. The number of hydrogen-bond acceptors (Lipinski definition) is 2. The van der Waals surface area contributed by atoms with Crippen LogP contribution in [-0.4, -0.2) is 41.0 Å². The van der Waals surface area contributed by atoms with Gasteiger partial charge in [0.05, 0.1) is 5.92 Å². The van der Waals surface area contributed by atoms with Crippen LogP contribution in [0.5, 0.6) is 0 Å². The first-order valence-corrected chi connectivity index (χ1v) is 11.1. The fourth-order valence-corrected chi connectivity index (χ4v) is 5.63. The molecule has 2 saturated carbocycles. The molecule has 1 aromatic rings. The molecule has 2 amide bonds. The zero-order valence-corrected chi connectivity index (χ0v) is 17.0. The lowest BCUT2D eigenvalue weighted by Crippen LogP contribution is -2.52. The third-order valence-corrected chi connectivity index (χ3v) is 7.13. The van der Waals surface area contributed by atoms with Crippen LogP contribution in [-0.2, 0) is 4.79 Å². The Bertz CT molecular complexity index is 767. The number of alkyl halides is 3. The number of amides is 2. The molecule has 0 bridgehead atoms. The highest BCUT2D eigenvalue weighted by Crippen LogP contribution is 2.41. The summed E-state index contributed by atoms with van der Waals surface area (Å²) in [5, 5.41) is 2.88. The number of nitrogens with one attached hydrogen (secondary N) is 1. The molecule has 1 aliphatic heterocycles. The minimum Gasteiger partial charge on any atom is -0.352 e. The predicted octanol–water partition coefficient (Wildman–Crippen LogP) is 4.70. The second-order valence-corrected chi connectivity index (χ2v) is 9.05. The van der Waals surface area contributed by atoms with Crippen molar-refractivity contribution < 1.29 is 22.8 Å². The molecule has 5 atom stereocenters. The highest BCUT2D eigenvalue weighted by molar-refractivity contribution is 5.98. The third-order valence-electron chi connectivity index (χ3n) is 7.13. The Balaban J connectivity index is 1.50. The van der Waals surface area contributed by atoms with Crippen molar-refractivity contribution in [3.63, 3.8) is 0 Å². The summed E-state index contributed by atoms with van der Waals surface area (Å²) in [6.07, 6.45) is 1.46. The molecule has 7 heteroatoms. The van der Waals surface area contributed by atoms with E-state index in [0.29, 0.717) is 24.8 Å². The van der Waals surface area contributed by atoms with E-state index in [4.69, 9.17) is 0 Å². The van der Waals surface area contributed by atoms with Gasteiger partial charge in [-0.05, 0) is 56.6 Å². The quantitative estimate of drug-likeness (QED) is 0.768. The van der Waals surface area contributed by atoms with E-state index >= 15 is 0 Å². The van der Waals surface area contributed by atoms with Gasteiger partial charge < -0.3 is 10.2 Å². The third kappa shape index (κ3) is 4.35. The van der Waals surface area contributed by atoms with Crippen molar-refractivity contribution in [2.45, 2.75) is 82.1 Å². The van der Waals surface area contributed by atoms with Gasteiger partial charge in [-0.2, -0.15) is 13.2 Å². The summed E-state index contributed by atoms with van der Waals surface area (Å²) < 4.78 is 39.4. The molecule has 2 aliphatic carbocycles. The smallest absolute Gasteiger partial charge is 0.352 e. The number of fused-ring (bicyclic) bond motifs is 1. The molecule has 5 unspecified atom stereocenters. The van der Waals surface area contributed by atoms with Gasteiger partial charge in [-0.15, -0.1) is 0 Å². The monoisotopic (exact) mass is 422 g/mol. The topological polar surface area (TPSA) is 49.4 Å². The van der Waals surface area contributed by atoms with Crippen LogP contribution in [0, 0.1) is 11.8 Å². The average Bonchev–Trinajstić information content (AvgIpc) is 3.13. The van der Waals surface area contributed by atoms with Crippen molar-refractivity contribution in [2.75, 3.05) is 0 Å². The van der Waals surface area contributed by atoms with Gasteiger partial charge in [0.15, 0.2) is 0 Å². The maximum atomic E-state index is 13.3. The molecule has 164 valence electrons. The van der Waals surface area contributed by atoms with Gasteiger partial charge >= 0.3 is 6.18 Å². The van der Waals surface area contributed by atoms with E-state index in [9.17, 15) is 22.8 Å². The average molecular weight is 422 g/mol. The highest BCUT2D eigenvalue weighted by Gasteiger charge is 2.48. The summed E-state index contributed by atoms with van der Waals surface area (Å²) in [7, 11) is 0. The second-order valence-electron chi connectivity index (χ2n) is 9.05. The van der Waals surface area contributed by atoms with Crippen LogP contribution in [0.4, 0.5) is 13.2 Å². The number of nitrogens with zero attached hydrogens (tertiary/aromatic N) is 1. The van der Waals surface area contributed by atoms with Crippen LogP contribution in [0.15, 0.2) is 30.3 Å². The lowest BCUT2D eigenvalue weighted by Gasteiger charge is -2.35. The number of carbonyl (C=O) groups is 2. The van der Waals surface area contributed by atoms with Gasteiger partial charge in [-0.25, -0.2) is 0 Å². The van der Waals surface area contributed by atoms with E-state index in [2.05, 4.69) is 5.32 Å². The fraction of sp³-hybridized carbons (Fsp3) is 0.652. The van der Waals surface area contributed by atoms with Crippen molar-refractivity contribution >= 4 is 11.8 Å². The summed E-state index contributed by atoms with van der Waals surface area (Å²) in [5.41, 5.74) is 0.552. The van der Waals surface area contributed by atoms with E-state index in [-0.39, 0.29) is 36.6 Å². The highest BCUT2D eigenvalue weighted by atomic mass is 19.4. The van der Waals surface area contributed by atoms with Crippen LogP contribution >= 0.6 is 0 Å². The van der Waals surface area contributed by atoms with Crippen LogP contribution < -0.4 is 5.32 Å². The molecule has 0 spiro atoms. The Morgan fingerprint density at radius 3 is 2.40 bits per heavy atom. The Morgan fingerprint density at radius 1 is 0.933 bits per heavy atom. The van der Waals surface area contributed by atoms with E-state index in [1.165, 1.54) is 0 Å². The van der Waals surface area contributed by atoms with Crippen LogP contribution in [0.25, 0.3) is 0 Å². The van der Waals surface area contributed by atoms with Gasteiger partial charge in [0, 0.05) is 17.6 Å².